The molecule has 1 aromatic rings. The van der Waals surface area contributed by atoms with E-state index >= 15 is 0 Å². The van der Waals surface area contributed by atoms with Crippen LogP contribution in [0.3, 0.4) is 0 Å². The summed E-state index contributed by atoms with van der Waals surface area (Å²) >= 11 is 0. The summed E-state index contributed by atoms with van der Waals surface area (Å²) in [6.07, 6.45) is -2.32. The van der Waals surface area contributed by atoms with Crippen LogP contribution in [0.4, 0.5) is 10.1 Å². The average Bonchev–Trinajstić information content (AvgIpc) is 2.15. The second-order valence-corrected chi connectivity index (χ2v) is 3.07. The van der Waals surface area contributed by atoms with Gasteiger partial charge in [0.2, 0.25) is 0 Å². The minimum atomic E-state index is -1.60. The van der Waals surface area contributed by atoms with Gasteiger partial charge in [-0.25, -0.2) is 4.39 Å². The first-order valence-electron chi connectivity index (χ1n) is 4.25. The van der Waals surface area contributed by atoms with Crippen LogP contribution in [0.25, 0.3) is 0 Å². The molecule has 0 saturated carbocycles. The van der Waals surface area contributed by atoms with E-state index in [-0.39, 0.29) is 5.56 Å². The van der Waals surface area contributed by atoms with Crippen molar-refractivity contribution in [3.05, 3.63) is 39.7 Å². The lowest BCUT2D eigenvalue weighted by Crippen LogP contribution is -2.08. The maximum atomic E-state index is 12.8. The molecule has 0 aliphatic rings. The van der Waals surface area contributed by atoms with Crippen LogP contribution >= 0.6 is 0 Å². The van der Waals surface area contributed by atoms with Gasteiger partial charge in [-0.1, -0.05) is 0 Å². The molecular formula is C9H8FNO5. The van der Waals surface area contributed by atoms with Crippen molar-refractivity contribution in [1.82, 2.24) is 0 Å². The van der Waals surface area contributed by atoms with Crippen molar-refractivity contribution < 1.29 is 24.3 Å². The fourth-order valence-electron chi connectivity index (χ4n) is 1.23. The van der Waals surface area contributed by atoms with E-state index in [0.717, 1.165) is 18.2 Å². The lowest BCUT2D eigenvalue weighted by Gasteiger charge is -2.08. The highest BCUT2D eigenvalue weighted by molar-refractivity contribution is 5.68. The second kappa shape index (κ2) is 4.67. The van der Waals surface area contributed by atoms with Gasteiger partial charge < -0.3 is 10.2 Å². The average molecular weight is 229 g/mol. The summed E-state index contributed by atoms with van der Waals surface area (Å²) in [5.74, 6) is -2.10. The van der Waals surface area contributed by atoms with Crippen LogP contribution in [0.1, 0.15) is 18.1 Å². The van der Waals surface area contributed by atoms with Crippen molar-refractivity contribution >= 4 is 11.7 Å². The monoisotopic (exact) mass is 229 g/mol. The van der Waals surface area contributed by atoms with Crippen molar-refractivity contribution in [3.63, 3.8) is 0 Å². The number of nitrogens with zero attached hydrogens (tertiary/aromatic N) is 1. The van der Waals surface area contributed by atoms with Crippen molar-refractivity contribution in [2.24, 2.45) is 0 Å². The summed E-state index contributed by atoms with van der Waals surface area (Å²) in [5.41, 5.74) is -0.845. The van der Waals surface area contributed by atoms with Crippen LogP contribution in [-0.2, 0) is 4.79 Å². The first-order chi connectivity index (χ1) is 7.41. The van der Waals surface area contributed by atoms with Gasteiger partial charge in [-0.3, -0.25) is 14.9 Å². The Morgan fingerprint density at radius 2 is 2.19 bits per heavy atom. The fraction of sp³-hybridized carbons (Fsp3) is 0.222. The minimum absolute atomic E-state index is 0.340. The van der Waals surface area contributed by atoms with Crippen molar-refractivity contribution in [2.45, 2.75) is 12.5 Å². The van der Waals surface area contributed by atoms with Gasteiger partial charge in [-0.2, -0.15) is 0 Å². The molecule has 86 valence electrons. The number of carboxylic acid groups (broad SMARTS) is 1. The van der Waals surface area contributed by atoms with Gasteiger partial charge in [0.25, 0.3) is 5.69 Å². The standard InChI is InChI=1S/C9H8FNO5/c10-5-1-2-7(11(15)16)6(3-5)8(12)4-9(13)14/h1-3,8,12H,4H2,(H,13,14)/t8-/m0/s1. The van der Waals surface area contributed by atoms with Crippen LogP contribution in [0, 0.1) is 15.9 Å². The van der Waals surface area contributed by atoms with Crippen LogP contribution in [0.15, 0.2) is 18.2 Å². The molecule has 7 heteroatoms. The molecule has 1 atom stereocenters. The Bertz CT molecular complexity index is 434. The summed E-state index contributed by atoms with van der Waals surface area (Å²) in [6, 6.07) is 2.51. The van der Waals surface area contributed by atoms with E-state index in [2.05, 4.69) is 0 Å². The molecule has 0 aromatic heterocycles. The molecule has 0 radical (unpaired) electrons. The van der Waals surface area contributed by atoms with E-state index in [1.54, 1.807) is 0 Å². The molecule has 16 heavy (non-hydrogen) atoms. The van der Waals surface area contributed by atoms with Gasteiger partial charge in [-0.15, -0.1) is 0 Å². The van der Waals surface area contributed by atoms with Gasteiger partial charge in [-0.05, 0) is 12.1 Å². The second-order valence-electron chi connectivity index (χ2n) is 3.07. The van der Waals surface area contributed by atoms with Gasteiger partial charge in [0.1, 0.15) is 5.82 Å². The van der Waals surface area contributed by atoms with Crippen LogP contribution in [0.2, 0.25) is 0 Å². The smallest absolute Gasteiger partial charge is 0.306 e. The molecule has 0 unspecified atom stereocenters. The lowest BCUT2D eigenvalue weighted by molar-refractivity contribution is -0.386. The number of hydrogen-bond donors (Lipinski definition) is 2. The number of aliphatic hydroxyl groups is 1. The molecule has 6 nitrogen and oxygen atoms in total. The predicted octanol–water partition coefficient (Wildman–Crippen LogP) is 1.24. The van der Waals surface area contributed by atoms with Crippen molar-refractivity contribution in [3.8, 4) is 0 Å². The molecule has 2 N–H and O–H groups in total. The number of aliphatic hydroxyl groups excluding tert-OH is 1. The van der Waals surface area contributed by atoms with E-state index in [1.165, 1.54) is 0 Å². The number of carboxylic acids is 1. The number of hydrogen-bond acceptors (Lipinski definition) is 4. The third-order valence-corrected chi connectivity index (χ3v) is 1.91. The molecule has 0 aliphatic carbocycles. The zero-order valence-corrected chi connectivity index (χ0v) is 7.96. The van der Waals surface area contributed by atoms with Crippen LogP contribution in [0.5, 0.6) is 0 Å². The van der Waals surface area contributed by atoms with Crippen molar-refractivity contribution in [2.75, 3.05) is 0 Å². The molecule has 0 heterocycles. The fourth-order valence-corrected chi connectivity index (χ4v) is 1.23. The van der Waals surface area contributed by atoms with E-state index in [4.69, 9.17) is 5.11 Å². The molecule has 1 aromatic carbocycles. The third kappa shape index (κ3) is 2.74. The Morgan fingerprint density at radius 3 is 2.69 bits per heavy atom. The maximum absolute atomic E-state index is 12.8. The number of aliphatic carboxylic acids is 1. The van der Waals surface area contributed by atoms with Crippen molar-refractivity contribution in [1.29, 1.82) is 0 Å². The number of halogens is 1. The number of nitro benzene ring substituents is 1. The lowest BCUT2D eigenvalue weighted by atomic mass is 10.0. The molecule has 0 spiro atoms. The van der Waals surface area contributed by atoms with Crippen LogP contribution < -0.4 is 0 Å². The molecule has 0 fully saturated rings. The van der Waals surface area contributed by atoms with E-state index < -0.39 is 34.9 Å². The Balaban J connectivity index is 3.13. The zero-order valence-electron chi connectivity index (χ0n) is 7.96. The summed E-state index contributed by atoms with van der Waals surface area (Å²) in [5, 5.41) is 28.4. The predicted molar refractivity (Wildman–Crippen MR) is 50.3 cm³/mol. The number of benzene rings is 1. The molecule has 0 amide bonds. The summed E-state index contributed by atoms with van der Waals surface area (Å²) in [7, 11) is 0. The number of rotatable bonds is 4. The van der Waals surface area contributed by atoms with Gasteiger partial charge in [0.05, 0.1) is 23.0 Å². The van der Waals surface area contributed by atoms with E-state index in [0.29, 0.717) is 0 Å². The summed E-state index contributed by atoms with van der Waals surface area (Å²) in [6.45, 7) is 0. The summed E-state index contributed by atoms with van der Waals surface area (Å²) < 4.78 is 12.8. The molecular weight excluding hydrogens is 221 g/mol. The first kappa shape index (κ1) is 12.1. The van der Waals surface area contributed by atoms with Gasteiger partial charge in [0.15, 0.2) is 0 Å². The Hall–Kier alpha value is -2.02. The largest absolute Gasteiger partial charge is 0.481 e. The quantitative estimate of drug-likeness (QED) is 0.597. The first-order valence-corrected chi connectivity index (χ1v) is 4.25. The minimum Gasteiger partial charge on any atom is -0.481 e. The molecule has 1 rings (SSSR count). The van der Waals surface area contributed by atoms with Crippen LogP contribution in [-0.4, -0.2) is 21.1 Å². The normalized spacial score (nSPS) is 12.1. The highest BCUT2D eigenvalue weighted by Crippen LogP contribution is 2.27. The number of nitro groups is 1. The summed E-state index contributed by atoms with van der Waals surface area (Å²) in [4.78, 5) is 20.1. The molecule has 0 bridgehead atoms. The Kier molecular flexibility index (Phi) is 3.51. The van der Waals surface area contributed by atoms with Gasteiger partial charge in [0, 0.05) is 6.07 Å². The Labute approximate surface area is 89.1 Å². The third-order valence-electron chi connectivity index (χ3n) is 1.91. The number of carbonyl (C=O) groups is 1. The molecule has 0 saturated heterocycles. The van der Waals surface area contributed by atoms with E-state index in [1.807, 2.05) is 0 Å². The van der Waals surface area contributed by atoms with E-state index in [9.17, 15) is 24.4 Å². The molecule has 0 aliphatic heterocycles. The SMILES string of the molecule is O=C(O)C[C@H](O)c1cc(F)ccc1[N+](=O)[O-]. The highest BCUT2D eigenvalue weighted by Gasteiger charge is 2.22. The Morgan fingerprint density at radius 1 is 1.56 bits per heavy atom. The maximum Gasteiger partial charge on any atom is 0.306 e. The zero-order chi connectivity index (χ0) is 12.3. The topological polar surface area (TPSA) is 101 Å². The van der Waals surface area contributed by atoms with Gasteiger partial charge >= 0.3 is 5.97 Å². The highest BCUT2D eigenvalue weighted by atomic mass is 19.1.